The molecule has 1 fully saturated rings. The van der Waals surface area contributed by atoms with Gasteiger partial charge in [0.15, 0.2) is 0 Å². The molecule has 1 aliphatic heterocycles. The number of piperazine rings is 1. The number of aryl methyl sites for hydroxylation is 2. The molecular formula is C34H45N3O2. The molecular weight excluding hydrogens is 482 g/mol. The largest absolute Gasteiger partial charge is 0.507 e. The zero-order valence-electron chi connectivity index (χ0n) is 24.6. The van der Waals surface area contributed by atoms with Crippen molar-refractivity contribution >= 4 is 11.7 Å². The van der Waals surface area contributed by atoms with Gasteiger partial charge < -0.3 is 15.3 Å². The third kappa shape index (κ3) is 7.42. The summed E-state index contributed by atoms with van der Waals surface area (Å²) in [6, 6.07) is 22.9. The average Bonchev–Trinajstić information content (AvgIpc) is 2.88. The van der Waals surface area contributed by atoms with Gasteiger partial charge in [0.1, 0.15) is 5.75 Å². The summed E-state index contributed by atoms with van der Waals surface area (Å²) in [5.74, 6) is 0.412. The van der Waals surface area contributed by atoms with Gasteiger partial charge in [-0.05, 0) is 57.6 Å². The lowest BCUT2D eigenvalue weighted by Gasteiger charge is -2.34. The summed E-state index contributed by atoms with van der Waals surface area (Å²) >= 11 is 0. The third-order valence-corrected chi connectivity index (χ3v) is 7.64. The maximum absolute atomic E-state index is 13.2. The van der Waals surface area contributed by atoms with E-state index >= 15 is 0 Å². The number of nitrogens with zero attached hydrogens (tertiary/aromatic N) is 2. The molecule has 4 rings (SSSR count). The fraction of sp³-hybridized carbons (Fsp3) is 0.441. The van der Waals surface area contributed by atoms with Crippen LogP contribution in [0.4, 0.5) is 10.5 Å². The number of rotatable bonds is 6. The quantitative estimate of drug-likeness (QED) is 0.359. The van der Waals surface area contributed by atoms with Crippen LogP contribution in [-0.2, 0) is 30.2 Å². The number of anilines is 1. The second kappa shape index (κ2) is 11.8. The minimum atomic E-state index is -0.156. The van der Waals surface area contributed by atoms with Crippen molar-refractivity contribution in [2.24, 2.45) is 0 Å². The summed E-state index contributed by atoms with van der Waals surface area (Å²) in [4.78, 5) is 17.5. The van der Waals surface area contributed by atoms with E-state index < -0.39 is 0 Å². The Morgan fingerprint density at radius 1 is 0.769 bits per heavy atom. The van der Waals surface area contributed by atoms with Gasteiger partial charge in [0.05, 0.1) is 0 Å². The van der Waals surface area contributed by atoms with E-state index in [0.29, 0.717) is 5.75 Å². The Morgan fingerprint density at radius 3 is 1.92 bits per heavy atom. The lowest BCUT2D eigenvalue weighted by Crippen LogP contribution is -2.49. The first-order chi connectivity index (χ1) is 18.4. The molecule has 5 heteroatoms. The van der Waals surface area contributed by atoms with E-state index in [1.807, 2.05) is 29.2 Å². The normalized spacial score (nSPS) is 14.9. The Bertz CT molecular complexity index is 1230. The molecule has 1 aliphatic rings. The number of para-hydroxylation sites is 1. The Hall–Kier alpha value is -3.31. The highest BCUT2D eigenvalue weighted by atomic mass is 16.3. The van der Waals surface area contributed by atoms with Crippen LogP contribution >= 0.6 is 0 Å². The maximum atomic E-state index is 13.2. The number of urea groups is 1. The van der Waals surface area contributed by atoms with Crippen LogP contribution in [0.1, 0.15) is 69.4 Å². The second-order valence-electron chi connectivity index (χ2n) is 12.9. The number of nitrogens with one attached hydrogen (secondary N) is 1. The summed E-state index contributed by atoms with van der Waals surface area (Å²) in [6.45, 7) is 17.0. The lowest BCUT2D eigenvalue weighted by molar-refractivity contribution is 0.143. The molecule has 1 heterocycles. The molecule has 0 radical (unpaired) electrons. The maximum Gasteiger partial charge on any atom is 0.321 e. The number of hydrogen-bond donors (Lipinski definition) is 2. The van der Waals surface area contributed by atoms with Crippen molar-refractivity contribution in [1.82, 2.24) is 9.80 Å². The van der Waals surface area contributed by atoms with Gasteiger partial charge in [-0.15, -0.1) is 0 Å². The first-order valence-electron chi connectivity index (χ1n) is 14.2. The molecule has 0 aliphatic carbocycles. The summed E-state index contributed by atoms with van der Waals surface area (Å²) < 4.78 is 0. The zero-order valence-corrected chi connectivity index (χ0v) is 24.6. The molecule has 1 saturated heterocycles. The molecule has 3 aromatic rings. The zero-order chi connectivity index (χ0) is 28.2. The van der Waals surface area contributed by atoms with Crippen LogP contribution in [0.15, 0.2) is 66.7 Å². The van der Waals surface area contributed by atoms with Crippen LogP contribution in [0.2, 0.25) is 0 Å². The number of phenolic OH excluding ortho intramolecular Hbond substituents is 1. The van der Waals surface area contributed by atoms with Crippen molar-refractivity contribution in [3.05, 3.63) is 94.5 Å². The SMILES string of the molecule is CC(C)(C)c1cc(CCc2ccccc2NC(=O)N2CCN(Cc3ccccc3)CC2)cc(C(C)(C)C)c1O. The Balaban J connectivity index is 1.41. The lowest BCUT2D eigenvalue weighted by atomic mass is 9.78. The van der Waals surface area contributed by atoms with E-state index in [1.54, 1.807) is 0 Å². The Kier molecular flexibility index (Phi) is 8.70. The summed E-state index contributed by atoms with van der Waals surface area (Å²) in [6.07, 6.45) is 1.64. The molecule has 208 valence electrons. The minimum Gasteiger partial charge on any atom is -0.507 e. The predicted molar refractivity (Wildman–Crippen MR) is 162 cm³/mol. The van der Waals surface area contributed by atoms with Crippen LogP contribution in [-0.4, -0.2) is 47.1 Å². The molecule has 0 saturated carbocycles. The van der Waals surface area contributed by atoms with Crippen LogP contribution < -0.4 is 5.32 Å². The topological polar surface area (TPSA) is 55.8 Å². The van der Waals surface area contributed by atoms with Crippen LogP contribution in [0, 0.1) is 0 Å². The van der Waals surface area contributed by atoms with Crippen LogP contribution in [0.3, 0.4) is 0 Å². The summed E-state index contributed by atoms with van der Waals surface area (Å²) in [7, 11) is 0. The van der Waals surface area contributed by atoms with Crippen molar-refractivity contribution in [3.8, 4) is 5.75 Å². The van der Waals surface area contributed by atoms with Gasteiger partial charge in [-0.1, -0.05) is 102 Å². The molecule has 5 nitrogen and oxygen atoms in total. The number of amides is 2. The van der Waals surface area contributed by atoms with Gasteiger partial charge in [-0.25, -0.2) is 4.79 Å². The van der Waals surface area contributed by atoms with Gasteiger partial charge in [0, 0.05) is 38.4 Å². The van der Waals surface area contributed by atoms with Gasteiger partial charge >= 0.3 is 6.03 Å². The average molecular weight is 528 g/mol. The number of aromatic hydroxyl groups is 1. The van der Waals surface area contributed by atoms with Crippen LogP contribution in [0.25, 0.3) is 0 Å². The van der Waals surface area contributed by atoms with Gasteiger partial charge in [-0.2, -0.15) is 0 Å². The smallest absolute Gasteiger partial charge is 0.321 e. The van der Waals surface area contributed by atoms with Crippen molar-refractivity contribution < 1.29 is 9.90 Å². The summed E-state index contributed by atoms with van der Waals surface area (Å²) in [5, 5.41) is 14.3. The highest BCUT2D eigenvalue weighted by Gasteiger charge is 2.27. The van der Waals surface area contributed by atoms with Crippen molar-refractivity contribution in [1.29, 1.82) is 0 Å². The summed E-state index contributed by atoms with van der Waals surface area (Å²) in [5.41, 5.74) is 6.17. The van der Waals surface area contributed by atoms with Gasteiger partial charge in [0.2, 0.25) is 0 Å². The molecule has 0 aromatic heterocycles. The number of phenols is 1. The van der Waals surface area contributed by atoms with E-state index in [1.165, 1.54) is 11.1 Å². The second-order valence-corrected chi connectivity index (χ2v) is 12.9. The highest BCUT2D eigenvalue weighted by Crippen LogP contribution is 2.40. The number of carbonyl (C=O) groups is 1. The number of hydrogen-bond acceptors (Lipinski definition) is 3. The first-order valence-corrected chi connectivity index (χ1v) is 14.2. The Morgan fingerprint density at radius 2 is 1.33 bits per heavy atom. The first kappa shape index (κ1) is 28.7. The fourth-order valence-corrected chi connectivity index (χ4v) is 5.27. The fourth-order valence-electron chi connectivity index (χ4n) is 5.27. The van der Waals surface area contributed by atoms with Gasteiger partial charge in [0.25, 0.3) is 0 Å². The van der Waals surface area contributed by atoms with Crippen LogP contribution in [0.5, 0.6) is 5.75 Å². The predicted octanol–water partition coefficient (Wildman–Crippen LogP) is 7.12. The standard InChI is InChI=1S/C34H45N3O2/c1-33(2,3)28-22-26(23-29(31(28)38)34(4,5)6)16-17-27-14-10-11-15-30(27)35-32(39)37-20-18-36(19-21-37)24-25-12-8-7-9-13-25/h7-15,22-23,38H,16-21,24H2,1-6H3,(H,35,39). The van der Waals surface area contributed by atoms with E-state index in [-0.39, 0.29) is 16.9 Å². The molecule has 0 bridgehead atoms. The molecule has 0 atom stereocenters. The van der Waals surface area contributed by atoms with Crippen molar-refractivity contribution in [3.63, 3.8) is 0 Å². The van der Waals surface area contributed by atoms with E-state index in [0.717, 1.165) is 67.9 Å². The van der Waals surface area contributed by atoms with Crippen molar-refractivity contribution in [2.45, 2.75) is 71.8 Å². The van der Waals surface area contributed by atoms with E-state index in [2.05, 4.69) is 94.2 Å². The molecule has 3 aromatic carbocycles. The monoisotopic (exact) mass is 527 g/mol. The Labute approximate surface area is 234 Å². The van der Waals surface area contributed by atoms with Gasteiger partial charge in [-0.3, -0.25) is 4.90 Å². The minimum absolute atomic E-state index is 0.0310. The molecule has 0 spiro atoms. The van der Waals surface area contributed by atoms with E-state index in [4.69, 9.17) is 0 Å². The number of carbonyl (C=O) groups excluding carboxylic acids is 1. The third-order valence-electron chi connectivity index (χ3n) is 7.64. The molecule has 39 heavy (non-hydrogen) atoms. The molecule has 0 unspecified atom stereocenters. The highest BCUT2D eigenvalue weighted by molar-refractivity contribution is 5.90. The molecule has 2 amide bonds. The van der Waals surface area contributed by atoms with Crippen molar-refractivity contribution in [2.75, 3.05) is 31.5 Å². The molecule has 2 N–H and O–H groups in total. The number of benzene rings is 3. The van der Waals surface area contributed by atoms with E-state index in [9.17, 15) is 9.90 Å².